The number of rotatable bonds is 6. The molecule has 0 radical (unpaired) electrons. The van der Waals surface area contributed by atoms with E-state index in [2.05, 4.69) is 15.6 Å². The van der Waals surface area contributed by atoms with Crippen molar-refractivity contribution in [3.8, 4) is 0 Å². The highest BCUT2D eigenvalue weighted by Gasteiger charge is 2.23. The van der Waals surface area contributed by atoms with Gasteiger partial charge in [0.2, 0.25) is 0 Å². The minimum absolute atomic E-state index is 0.164. The third kappa shape index (κ3) is 4.29. The van der Waals surface area contributed by atoms with E-state index < -0.39 is 17.9 Å². The fraction of sp³-hybridized carbons (Fsp3) is 0.375. The number of imidazole rings is 1. The Labute approximate surface area is 134 Å². The molecule has 0 aliphatic rings. The number of hydrogen-bond acceptors (Lipinski definition) is 3. The van der Waals surface area contributed by atoms with Crippen LogP contribution in [-0.4, -0.2) is 35.3 Å². The van der Waals surface area contributed by atoms with Crippen LogP contribution in [0.5, 0.6) is 0 Å². The Kier molecular flexibility index (Phi) is 5.70. The van der Waals surface area contributed by atoms with Crippen LogP contribution in [-0.2, 0) is 11.8 Å². The zero-order chi connectivity index (χ0) is 16.8. The summed E-state index contributed by atoms with van der Waals surface area (Å²) < 4.78 is 20.9. The largest absolute Gasteiger partial charge is 0.383 e. The topological polar surface area (TPSA) is 68.2 Å². The predicted octanol–water partition coefficient (Wildman–Crippen LogP) is 1.98. The molecule has 0 bridgehead atoms. The van der Waals surface area contributed by atoms with Crippen LogP contribution in [0.15, 0.2) is 36.7 Å². The molecule has 2 N–H and O–H groups in total. The number of amides is 2. The minimum atomic E-state index is -0.689. The van der Waals surface area contributed by atoms with E-state index in [1.165, 1.54) is 6.07 Å². The van der Waals surface area contributed by atoms with Gasteiger partial charge in [-0.1, -0.05) is 18.2 Å². The third-order valence-corrected chi connectivity index (χ3v) is 3.40. The number of nitrogens with one attached hydrogen (secondary N) is 2. The van der Waals surface area contributed by atoms with Gasteiger partial charge in [0.05, 0.1) is 12.6 Å². The zero-order valence-corrected chi connectivity index (χ0v) is 13.4. The Morgan fingerprint density at radius 3 is 2.74 bits per heavy atom. The Hall–Kier alpha value is -2.41. The lowest BCUT2D eigenvalue weighted by molar-refractivity contribution is 0.170. The van der Waals surface area contributed by atoms with Gasteiger partial charge in [0, 0.05) is 32.1 Å². The Morgan fingerprint density at radius 2 is 2.13 bits per heavy atom. The van der Waals surface area contributed by atoms with Gasteiger partial charge in [0.1, 0.15) is 17.7 Å². The maximum atomic E-state index is 14.2. The van der Waals surface area contributed by atoms with Gasteiger partial charge >= 0.3 is 6.03 Å². The van der Waals surface area contributed by atoms with Crippen molar-refractivity contribution in [2.75, 3.05) is 13.7 Å². The maximum absolute atomic E-state index is 14.2. The van der Waals surface area contributed by atoms with Crippen molar-refractivity contribution in [3.63, 3.8) is 0 Å². The molecule has 23 heavy (non-hydrogen) atoms. The number of aryl methyl sites for hydroxylation is 1. The number of urea groups is 1. The number of carbonyl (C=O) groups is 1. The number of ether oxygens (including phenoxy) is 1. The van der Waals surface area contributed by atoms with E-state index in [-0.39, 0.29) is 6.04 Å². The molecule has 2 rings (SSSR count). The molecule has 1 aromatic heterocycles. The summed E-state index contributed by atoms with van der Waals surface area (Å²) in [7, 11) is 3.36. The van der Waals surface area contributed by atoms with E-state index in [0.29, 0.717) is 18.0 Å². The molecule has 0 saturated carbocycles. The fourth-order valence-electron chi connectivity index (χ4n) is 2.33. The zero-order valence-electron chi connectivity index (χ0n) is 13.4. The first-order valence-corrected chi connectivity index (χ1v) is 7.30. The summed E-state index contributed by atoms with van der Waals surface area (Å²) >= 11 is 0. The lowest BCUT2D eigenvalue weighted by atomic mass is 10.1. The van der Waals surface area contributed by atoms with Gasteiger partial charge in [0.15, 0.2) is 0 Å². The molecule has 2 atom stereocenters. The Morgan fingerprint density at radius 1 is 1.39 bits per heavy atom. The van der Waals surface area contributed by atoms with Crippen molar-refractivity contribution in [1.29, 1.82) is 0 Å². The summed E-state index contributed by atoms with van der Waals surface area (Å²) in [5.41, 5.74) is 0.358. The Bertz CT molecular complexity index is 659. The lowest BCUT2D eigenvalue weighted by Gasteiger charge is -2.21. The normalized spacial score (nSPS) is 13.4. The highest BCUT2D eigenvalue weighted by atomic mass is 19.1. The van der Waals surface area contributed by atoms with Crippen molar-refractivity contribution in [1.82, 2.24) is 20.2 Å². The summed E-state index contributed by atoms with van der Waals surface area (Å²) in [5, 5.41) is 5.53. The fourth-order valence-corrected chi connectivity index (χ4v) is 2.33. The first-order chi connectivity index (χ1) is 11.0. The molecule has 1 heterocycles. The molecule has 6 nitrogen and oxygen atoms in total. The molecular formula is C16H21FN4O2. The summed E-state index contributed by atoms with van der Waals surface area (Å²) in [6, 6.07) is 5.06. The van der Waals surface area contributed by atoms with E-state index >= 15 is 0 Å². The smallest absolute Gasteiger partial charge is 0.315 e. The van der Waals surface area contributed by atoms with Crippen LogP contribution in [0.1, 0.15) is 24.4 Å². The average molecular weight is 320 g/mol. The lowest BCUT2D eigenvalue weighted by Crippen LogP contribution is -2.44. The van der Waals surface area contributed by atoms with Gasteiger partial charge in [-0.2, -0.15) is 0 Å². The molecule has 0 aliphatic heterocycles. The number of hydrogen-bond donors (Lipinski definition) is 2. The molecule has 124 valence electrons. The minimum Gasteiger partial charge on any atom is -0.383 e. The van der Waals surface area contributed by atoms with E-state index in [4.69, 9.17) is 4.74 Å². The first kappa shape index (κ1) is 17.0. The maximum Gasteiger partial charge on any atom is 0.315 e. The van der Waals surface area contributed by atoms with Crippen LogP contribution in [0.2, 0.25) is 0 Å². The quantitative estimate of drug-likeness (QED) is 0.855. The first-order valence-electron chi connectivity index (χ1n) is 7.30. The molecule has 7 heteroatoms. The van der Waals surface area contributed by atoms with Crippen molar-refractivity contribution in [3.05, 3.63) is 53.9 Å². The van der Waals surface area contributed by atoms with Gasteiger partial charge in [-0.05, 0) is 13.0 Å². The average Bonchev–Trinajstić information content (AvgIpc) is 2.92. The summed E-state index contributed by atoms with van der Waals surface area (Å²) in [4.78, 5) is 16.4. The summed E-state index contributed by atoms with van der Waals surface area (Å²) in [6.07, 6.45) is 3.35. The second-order valence-corrected chi connectivity index (χ2v) is 5.33. The Balaban J connectivity index is 2.24. The second-order valence-electron chi connectivity index (χ2n) is 5.33. The van der Waals surface area contributed by atoms with Crippen LogP contribution in [0, 0.1) is 5.82 Å². The SMILES string of the molecule is COC[C@H](C)NC(=O)N[C@@H](c1ccccc1F)c1nccn1C. The van der Waals surface area contributed by atoms with Gasteiger partial charge in [-0.15, -0.1) is 0 Å². The van der Waals surface area contributed by atoms with E-state index in [0.717, 1.165) is 0 Å². The van der Waals surface area contributed by atoms with Gasteiger partial charge in [0.25, 0.3) is 0 Å². The standard InChI is InChI=1S/C16H21FN4O2/c1-11(10-23-3)19-16(22)20-14(15-18-8-9-21(15)2)12-6-4-5-7-13(12)17/h4-9,11,14H,10H2,1-3H3,(H2,19,20,22)/t11-,14-/m0/s1. The predicted molar refractivity (Wildman–Crippen MR) is 84.5 cm³/mol. The van der Waals surface area contributed by atoms with Crippen LogP contribution < -0.4 is 10.6 Å². The molecule has 2 aromatic rings. The van der Waals surface area contributed by atoms with E-state index in [1.54, 1.807) is 49.3 Å². The number of benzene rings is 1. The number of methoxy groups -OCH3 is 1. The van der Waals surface area contributed by atoms with Crippen molar-refractivity contribution < 1.29 is 13.9 Å². The molecule has 2 amide bonds. The van der Waals surface area contributed by atoms with Crippen LogP contribution in [0.4, 0.5) is 9.18 Å². The molecule has 0 fully saturated rings. The number of nitrogens with zero attached hydrogens (tertiary/aromatic N) is 2. The van der Waals surface area contributed by atoms with E-state index in [9.17, 15) is 9.18 Å². The van der Waals surface area contributed by atoms with Crippen LogP contribution in [0.3, 0.4) is 0 Å². The molecule has 0 spiro atoms. The third-order valence-electron chi connectivity index (χ3n) is 3.40. The van der Waals surface area contributed by atoms with Crippen molar-refractivity contribution in [2.45, 2.75) is 19.0 Å². The van der Waals surface area contributed by atoms with Crippen LogP contribution >= 0.6 is 0 Å². The molecule has 0 aliphatic carbocycles. The van der Waals surface area contributed by atoms with Crippen molar-refractivity contribution >= 4 is 6.03 Å². The van der Waals surface area contributed by atoms with E-state index in [1.807, 2.05) is 6.92 Å². The number of aromatic nitrogens is 2. The number of carbonyl (C=O) groups excluding carboxylic acids is 1. The summed E-state index contributed by atoms with van der Waals surface area (Å²) in [5.74, 6) is 0.149. The molecule has 1 aromatic carbocycles. The second kappa shape index (κ2) is 7.73. The molecule has 0 unspecified atom stereocenters. The number of halogens is 1. The molecular weight excluding hydrogens is 299 g/mol. The van der Waals surface area contributed by atoms with Gasteiger partial charge in [-0.3, -0.25) is 0 Å². The van der Waals surface area contributed by atoms with Crippen molar-refractivity contribution in [2.24, 2.45) is 7.05 Å². The van der Waals surface area contributed by atoms with Crippen LogP contribution in [0.25, 0.3) is 0 Å². The highest BCUT2D eigenvalue weighted by Crippen LogP contribution is 2.22. The monoisotopic (exact) mass is 320 g/mol. The van der Waals surface area contributed by atoms with Gasteiger partial charge in [-0.25, -0.2) is 14.2 Å². The van der Waals surface area contributed by atoms with Gasteiger partial charge < -0.3 is 19.9 Å². The summed E-state index contributed by atoms with van der Waals surface area (Å²) in [6.45, 7) is 2.21. The molecule has 0 saturated heterocycles. The highest BCUT2D eigenvalue weighted by molar-refractivity contribution is 5.75.